The van der Waals surface area contributed by atoms with Crippen molar-refractivity contribution >= 4 is 39.5 Å². The second-order valence-corrected chi connectivity index (χ2v) is 9.68. The summed E-state index contributed by atoms with van der Waals surface area (Å²) in [5.74, 6) is 1.85. The van der Waals surface area contributed by atoms with Crippen molar-refractivity contribution in [1.29, 1.82) is 0 Å². The van der Waals surface area contributed by atoms with Crippen LogP contribution in [0.4, 0.5) is 0 Å². The summed E-state index contributed by atoms with van der Waals surface area (Å²) in [6.07, 6.45) is 0. The van der Waals surface area contributed by atoms with E-state index in [1.807, 2.05) is 35.7 Å². The Morgan fingerprint density at radius 1 is 1.12 bits per heavy atom. The molecular formula is C17H17NO5S3. The summed E-state index contributed by atoms with van der Waals surface area (Å²) >= 11 is 3.73. The van der Waals surface area contributed by atoms with E-state index in [2.05, 4.69) is 0 Å². The van der Waals surface area contributed by atoms with Crippen LogP contribution in [0.1, 0.15) is 20.5 Å². The van der Waals surface area contributed by atoms with Crippen LogP contribution >= 0.6 is 23.5 Å². The van der Waals surface area contributed by atoms with Crippen LogP contribution in [0.2, 0.25) is 0 Å². The maximum atomic E-state index is 12.5. The van der Waals surface area contributed by atoms with E-state index in [-0.39, 0.29) is 22.0 Å². The van der Waals surface area contributed by atoms with E-state index < -0.39 is 16.0 Å². The zero-order valence-corrected chi connectivity index (χ0v) is 16.3. The highest BCUT2D eigenvalue weighted by Crippen LogP contribution is 2.45. The van der Waals surface area contributed by atoms with E-state index in [0.29, 0.717) is 4.58 Å². The zero-order valence-electron chi connectivity index (χ0n) is 13.9. The third kappa shape index (κ3) is 4.11. The van der Waals surface area contributed by atoms with Crippen molar-refractivity contribution in [3.63, 3.8) is 0 Å². The van der Waals surface area contributed by atoms with Gasteiger partial charge < -0.3 is 14.7 Å². The molecule has 0 saturated carbocycles. The van der Waals surface area contributed by atoms with E-state index >= 15 is 0 Å². The van der Waals surface area contributed by atoms with Crippen molar-refractivity contribution in [3.8, 4) is 11.5 Å². The Morgan fingerprint density at radius 2 is 1.77 bits per heavy atom. The average Bonchev–Trinajstić information content (AvgIpc) is 3.16. The molecule has 0 unspecified atom stereocenters. The van der Waals surface area contributed by atoms with Crippen molar-refractivity contribution in [3.05, 3.63) is 53.6 Å². The molecule has 1 saturated heterocycles. The molecule has 1 aliphatic heterocycles. The normalized spacial score (nSPS) is 15.0. The van der Waals surface area contributed by atoms with Gasteiger partial charge in [0.25, 0.3) is 5.91 Å². The summed E-state index contributed by atoms with van der Waals surface area (Å²) in [7, 11) is -2.73. The lowest BCUT2D eigenvalue weighted by molar-refractivity contribution is 0.0997. The van der Waals surface area contributed by atoms with E-state index in [4.69, 9.17) is 14.7 Å². The number of amides is 1. The van der Waals surface area contributed by atoms with Crippen LogP contribution in [0.3, 0.4) is 0 Å². The van der Waals surface area contributed by atoms with Crippen molar-refractivity contribution < 1.29 is 22.1 Å². The van der Waals surface area contributed by atoms with Gasteiger partial charge in [-0.15, -0.1) is 23.5 Å². The van der Waals surface area contributed by atoms with Crippen molar-refractivity contribution in [2.24, 2.45) is 5.73 Å². The Hall–Kier alpha value is -1.84. The Morgan fingerprint density at radius 3 is 2.35 bits per heavy atom. The highest BCUT2D eigenvalue weighted by atomic mass is 32.2. The quantitative estimate of drug-likeness (QED) is 0.730. The lowest BCUT2D eigenvalue weighted by Crippen LogP contribution is -2.15. The topological polar surface area (TPSA) is 95.7 Å². The van der Waals surface area contributed by atoms with Gasteiger partial charge in [-0.3, -0.25) is 4.79 Å². The van der Waals surface area contributed by atoms with Gasteiger partial charge in [0.2, 0.25) is 0 Å². The summed E-state index contributed by atoms with van der Waals surface area (Å²) in [5, 5.41) is 0. The van der Waals surface area contributed by atoms with Crippen LogP contribution in [0.25, 0.3) is 0 Å². The van der Waals surface area contributed by atoms with Crippen LogP contribution in [-0.2, 0) is 10.1 Å². The second-order valence-electron chi connectivity index (χ2n) is 5.41. The van der Waals surface area contributed by atoms with Gasteiger partial charge >= 0.3 is 10.1 Å². The highest BCUT2D eigenvalue weighted by molar-refractivity contribution is 8.19. The van der Waals surface area contributed by atoms with Gasteiger partial charge in [-0.25, -0.2) is 0 Å². The lowest BCUT2D eigenvalue weighted by Gasteiger charge is -2.12. The van der Waals surface area contributed by atoms with Crippen molar-refractivity contribution in [1.82, 2.24) is 0 Å². The average molecular weight is 412 g/mol. The Labute approximate surface area is 160 Å². The second kappa shape index (κ2) is 7.81. The van der Waals surface area contributed by atoms with Gasteiger partial charge in [0, 0.05) is 11.5 Å². The minimum atomic E-state index is -4.10. The van der Waals surface area contributed by atoms with Crippen molar-refractivity contribution in [2.75, 3.05) is 18.6 Å². The SMILES string of the molecule is COc1ccc(S(=O)(=O)Oc2ccc(C3SCCS3)cc2)cc1C(N)=O. The minimum Gasteiger partial charge on any atom is -0.496 e. The number of benzene rings is 2. The third-order valence-corrected chi connectivity index (χ3v) is 8.05. The van der Waals surface area contributed by atoms with E-state index in [1.165, 1.54) is 19.2 Å². The molecule has 2 aromatic carbocycles. The fourth-order valence-electron chi connectivity index (χ4n) is 2.44. The van der Waals surface area contributed by atoms with Crippen LogP contribution in [-0.4, -0.2) is 32.9 Å². The molecule has 26 heavy (non-hydrogen) atoms. The number of thioether (sulfide) groups is 2. The molecule has 0 spiro atoms. The van der Waals surface area contributed by atoms with Crippen LogP contribution in [0.15, 0.2) is 47.4 Å². The fraction of sp³-hybridized carbons (Fsp3) is 0.235. The molecule has 2 aromatic rings. The van der Waals surface area contributed by atoms with Crippen LogP contribution in [0, 0.1) is 0 Å². The summed E-state index contributed by atoms with van der Waals surface area (Å²) < 4.78 is 35.6. The standard InChI is InChI=1S/C17H17NO5S3/c1-22-15-7-6-13(10-14(15)16(18)19)26(20,21)23-12-4-2-11(3-5-12)17-24-8-9-25-17/h2-7,10,17H,8-9H2,1H3,(H2,18,19). The predicted octanol–water partition coefficient (Wildman–Crippen LogP) is 3.04. The summed E-state index contributed by atoms with van der Waals surface area (Å²) in [5.41, 5.74) is 6.38. The molecule has 0 atom stereocenters. The van der Waals surface area contributed by atoms with E-state index in [1.54, 1.807) is 12.1 Å². The third-order valence-electron chi connectivity index (χ3n) is 3.71. The van der Waals surface area contributed by atoms with E-state index in [9.17, 15) is 13.2 Å². The van der Waals surface area contributed by atoms with Gasteiger partial charge in [-0.1, -0.05) is 12.1 Å². The first-order valence-electron chi connectivity index (χ1n) is 7.66. The molecule has 138 valence electrons. The summed E-state index contributed by atoms with van der Waals surface area (Å²) in [6.45, 7) is 0. The number of hydrogen-bond acceptors (Lipinski definition) is 7. The molecule has 3 rings (SSSR count). The summed E-state index contributed by atoms with van der Waals surface area (Å²) in [4.78, 5) is 11.3. The first-order chi connectivity index (χ1) is 12.4. The van der Waals surface area contributed by atoms with E-state index in [0.717, 1.165) is 23.1 Å². The molecule has 1 amide bonds. The smallest absolute Gasteiger partial charge is 0.339 e. The first kappa shape index (κ1) is 18.9. The first-order valence-corrected chi connectivity index (χ1v) is 11.2. The zero-order chi connectivity index (χ0) is 18.7. The number of rotatable bonds is 6. The Kier molecular flexibility index (Phi) is 5.69. The number of hydrogen-bond donors (Lipinski definition) is 1. The molecule has 1 aliphatic rings. The molecule has 0 aliphatic carbocycles. The molecule has 0 bridgehead atoms. The maximum Gasteiger partial charge on any atom is 0.339 e. The lowest BCUT2D eigenvalue weighted by atomic mass is 10.2. The largest absolute Gasteiger partial charge is 0.496 e. The highest BCUT2D eigenvalue weighted by Gasteiger charge is 2.22. The molecule has 9 heteroatoms. The van der Waals surface area contributed by atoms with Gasteiger partial charge in [0.1, 0.15) is 16.4 Å². The molecule has 0 aromatic heterocycles. The monoisotopic (exact) mass is 411 g/mol. The Balaban J connectivity index is 1.82. The van der Waals surface area contributed by atoms with Gasteiger partial charge in [0.15, 0.2) is 0 Å². The van der Waals surface area contributed by atoms with Gasteiger partial charge in [-0.05, 0) is 35.9 Å². The minimum absolute atomic E-state index is 0.0252. The molecule has 0 radical (unpaired) electrons. The molecule has 1 fully saturated rings. The fourth-order valence-corrected chi connectivity index (χ4v) is 6.26. The number of carbonyl (C=O) groups excluding carboxylic acids is 1. The Bertz CT molecular complexity index is 906. The molecule has 1 heterocycles. The number of nitrogens with two attached hydrogens (primary N) is 1. The molecular weight excluding hydrogens is 394 g/mol. The number of methoxy groups -OCH3 is 1. The number of carbonyl (C=O) groups is 1. The van der Waals surface area contributed by atoms with Crippen LogP contribution in [0.5, 0.6) is 11.5 Å². The maximum absolute atomic E-state index is 12.5. The molecule has 2 N–H and O–H groups in total. The van der Waals surface area contributed by atoms with Gasteiger partial charge in [-0.2, -0.15) is 8.42 Å². The predicted molar refractivity (Wildman–Crippen MR) is 103 cm³/mol. The van der Waals surface area contributed by atoms with Crippen LogP contribution < -0.4 is 14.7 Å². The van der Waals surface area contributed by atoms with Gasteiger partial charge in [0.05, 0.1) is 17.3 Å². The summed E-state index contributed by atoms with van der Waals surface area (Å²) in [6, 6.07) is 10.8. The number of ether oxygens (including phenoxy) is 1. The van der Waals surface area contributed by atoms with Crippen molar-refractivity contribution in [2.45, 2.75) is 9.48 Å². The number of primary amides is 1. The molecule has 6 nitrogen and oxygen atoms in total.